The summed E-state index contributed by atoms with van der Waals surface area (Å²) < 4.78 is 35.8. The third kappa shape index (κ3) is 4.67. The molecule has 0 aliphatic rings. The molecule has 4 aromatic rings. The van der Waals surface area contributed by atoms with Crippen molar-refractivity contribution in [3.8, 4) is 0 Å². The highest BCUT2D eigenvalue weighted by molar-refractivity contribution is 7.89. The van der Waals surface area contributed by atoms with Crippen molar-refractivity contribution in [2.24, 2.45) is 0 Å². The van der Waals surface area contributed by atoms with Crippen LogP contribution in [0.5, 0.6) is 0 Å². The Morgan fingerprint density at radius 2 is 1.73 bits per heavy atom. The number of benzene rings is 1. The van der Waals surface area contributed by atoms with Crippen molar-refractivity contribution in [2.45, 2.75) is 11.8 Å². The molecule has 0 spiro atoms. The molecule has 3 heterocycles. The van der Waals surface area contributed by atoms with Gasteiger partial charge in [0.25, 0.3) is 0 Å². The Morgan fingerprint density at radius 3 is 2.50 bits per heavy atom. The van der Waals surface area contributed by atoms with E-state index in [1.54, 1.807) is 30.5 Å². The number of sulfonamides is 1. The molecule has 0 saturated heterocycles. The Balaban J connectivity index is 1.30. The topological polar surface area (TPSA) is 135 Å². The quantitative estimate of drug-likeness (QED) is 0.351. The monoisotopic (exact) mass is 442 g/mol. The number of aromatic nitrogens is 5. The van der Waals surface area contributed by atoms with Crippen LogP contribution in [-0.2, 0) is 10.0 Å². The normalized spacial score (nSPS) is 11.5. The predicted molar refractivity (Wildman–Crippen MR) is 115 cm³/mol. The zero-order valence-corrected chi connectivity index (χ0v) is 17.5. The van der Waals surface area contributed by atoms with E-state index in [0.717, 1.165) is 17.3 Å². The van der Waals surface area contributed by atoms with Gasteiger partial charge in [0.05, 0.1) is 11.7 Å². The van der Waals surface area contributed by atoms with Crippen molar-refractivity contribution in [3.63, 3.8) is 0 Å². The molecule has 0 aliphatic carbocycles. The van der Waals surface area contributed by atoms with Gasteiger partial charge in [-0.2, -0.15) is 8.75 Å². The Morgan fingerprint density at radius 1 is 0.933 bits per heavy atom. The minimum absolute atomic E-state index is 0.119. The van der Waals surface area contributed by atoms with E-state index in [-0.39, 0.29) is 11.4 Å². The van der Waals surface area contributed by atoms with E-state index in [1.165, 1.54) is 6.07 Å². The summed E-state index contributed by atoms with van der Waals surface area (Å²) in [5, 5.41) is 14.2. The molecule has 0 atom stereocenters. The molecule has 0 aliphatic heterocycles. The SMILES string of the molecule is Cc1ccc(Nc2ccc(NCCNS(=O)(=O)c3cccc4nsnc34)nn2)nc1. The molecular formula is C18H18N8O2S2. The van der Waals surface area contributed by atoms with Gasteiger partial charge in [0.1, 0.15) is 27.6 Å². The lowest BCUT2D eigenvalue weighted by atomic mass is 10.3. The summed E-state index contributed by atoms with van der Waals surface area (Å²) in [6.45, 7) is 2.48. The van der Waals surface area contributed by atoms with Gasteiger partial charge in [0, 0.05) is 19.3 Å². The van der Waals surface area contributed by atoms with Gasteiger partial charge >= 0.3 is 0 Å². The fourth-order valence-electron chi connectivity index (χ4n) is 2.62. The summed E-state index contributed by atoms with van der Waals surface area (Å²) in [5.41, 5.74) is 2.01. The van der Waals surface area contributed by atoms with Crippen LogP contribution in [-0.4, -0.2) is 45.4 Å². The van der Waals surface area contributed by atoms with Crippen molar-refractivity contribution < 1.29 is 8.42 Å². The fourth-order valence-corrected chi connectivity index (χ4v) is 4.41. The smallest absolute Gasteiger partial charge is 0.242 e. The molecule has 4 rings (SSSR count). The van der Waals surface area contributed by atoms with E-state index in [1.807, 2.05) is 19.1 Å². The zero-order valence-electron chi connectivity index (χ0n) is 15.9. The van der Waals surface area contributed by atoms with Crippen LogP contribution in [0.25, 0.3) is 11.0 Å². The second-order valence-electron chi connectivity index (χ2n) is 6.36. The molecule has 3 aromatic heterocycles. The number of fused-ring (bicyclic) bond motifs is 1. The third-order valence-electron chi connectivity index (χ3n) is 4.09. The summed E-state index contributed by atoms with van der Waals surface area (Å²) in [6, 6.07) is 12.2. The number of hydrogen-bond donors (Lipinski definition) is 3. The first-order valence-corrected chi connectivity index (χ1v) is 11.2. The summed E-state index contributed by atoms with van der Waals surface area (Å²) >= 11 is 0.982. The number of anilines is 3. The van der Waals surface area contributed by atoms with E-state index < -0.39 is 10.0 Å². The third-order valence-corrected chi connectivity index (χ3v) is 6.13. The molecule has 10 nitrogen and oxygen atoms in total. The van der Waals surface area contributed by atoms with Crippen LogP contribution in [0.2, 0.25) is 0 Å². The maximum Gasteiger partial charge on any atom is 0.242 e. The van der Waals surface area contributed by atoms with E-state index in [9.17, 15) is 8.42 Å². The second kappa shape index (κ2) is 8.65. The first kappa shape index (κ1) is 20.1. The Labute approximate surface area is 177 Å². The van der Waals surface area contributed by atoms with Gasteiger partial charge in [-0.05, 0) is 42.8 Å². The summed E-state index contributed by atoms with van der Waals surface area (Å²) in [4.78, 5) is 4.37. The molecular weight excluding hydrogens is 424 g/mol. The molecule has 0 bridgehead atoms. The Bertz CT molecular complexity index is 1240. The molecule has 0 unspecified atom stereocenters. The lowest BCUT2D eigenvalue weighted by Gasteiger charge is -2.09. The molecule has 0 fully saturated rings. The first-order chi connectivity index (χ1) is 14.5. The number of aryl methyl sites for hydroxylation is 1. The maximum atomic E-state index is 12.6. The Hall–Kier alpha value is -3.22. The Kier molecular flexibility index (Phi) is 5.79. The minimum Gasteiger partial charge on any atom is -0.367 e. The second-order valence-corrected chi connectivity index (χ2v) is 8.63. The van der Waals surface area contributed by atoms with E-state index in [2.05, 4.69) is 39.3 Å². The highest BCUT2D eigenvalue weighted by Crippen LogP contribution is 2.20. The van der Waals surface area contributed by atoms with Gasteiger partial charge in [0.2, 0.25) is 10.0 Å². The highest BCUT2D eigenvalue weighted by Gasteiger charge is 2.18. The van der Waals surface area contributed by atoms with E-state index in [4.69, 9.17) is 0 Å². The van der Waals surface area contributed by atoms with Crippen molar-refractivity contribution in [1.82, 2.24) is 28.7 Å². The summed E-state index contributed by atoms with van der Waals surface area (Å²) in [6.07, 6.45) is 1.76. The predicted octanol–water partition coefficient (Wildman–Crippen LogP) is 2.32. The van der Waals surface area contributed by atoms with Gasteiger partial charge in [-0.1, -0.05) is 12.1 Å². The first-order valence-electron chi connectivity index (χ1n) is 8.99. The van der Waals surface area contributed by atoms with Crippen molar-refractivity contribution in [3.05, 3.63) is 54.2 Å². The van der Waals surface area contributed by atoms with Crippen LogP contribution < -0.4 is 15.4 Å². The van der Waals surface area contributed by atoms with Crippen LogP contribution >= 0.6 is 11.7 Å². The zero-order chi connectivity index (χ0) is 21.0. The van der Waals surface area contributed by atoms with E-state index in [0.29, 0.717) is 35.0 Å². The van der Waals surface area contributed by atoms with Crippen molar-refractivity contribution in [1.29, 1.82) is 0 Å². The maximum absolute atomic E-state index is 12.6. The largest absolute Gasteiger partial charge is 0.367 e. The molecule has 3 N–H and O–H groups in total. The molecule has 30 heavy (non-hydrogen) atoms. The number of hydrogen-bond acceptors (Lipinski definition) is 10. The minimum atomic E-state index is -3.69. The number of pyridine rings is 1. The van der Waals surface area contributed by atoms with Crippen LogP contribution in [0.3, 0.4) is 0 Å². The van der Waals surface area contributed by atoms with Gasteiger partial charge in [0.15, 0.2) is 5.82 Å². The molecule has 1 aromatic carbocycles. The van der Waals surface area contributed by atoms with Crippen LogP contribution in [0.15, 0.2) is 53.6 Å². The lowest BCUT2D eigenvalue weighted by Crippen LogP contribution is -2.29. The van der Waals surface area contributed by atoms with Crippen LogP contribution in [0.1, 0.15) is 5.56 Å². The summed E-state index contributed by atoms with van der Waals surface area (Å²) in [5.74, 6) is 1.76. The average Bonchev–Trinajstić information content (AvgIpc) is 3.23. The van der Waals surface area contributed by atoms with Gasteiger partial charge in [-0.3, -0.25) is 0 Å². The molecule has 0 amide bonds. The van der Waals surface area contributed by atoms with Crippen molar-refractivity contribution in [2.75, 3.05) is 23.7 Å². The summed E-state index contributed by atoms with van der Waals surface area (Å²) in [7, 11) is -3.69. The number of nitrogens with one attached hydrogen (secondary N) is 3. The lowest BCUT2D eigenvalue weighted by molar-refractivity contribution is 0.583. The standard InChI is InChI=1S/C18H18N8O2S2/c1-12-5-6-15(20-11-12)22-17-8-7-16(23-24-17)19-9-10-21-30(27,28)14-4-2-3-13-18(14)26-29-25-13/h2-8,11,21H,9-10H2,1H3,(H,19,23)(H,20,22,24). The average molecular weight is 443 g/mol. The molecule has 154 valence electrons. The fraction of sp³-hybridized carbons (Fsp3) is 0.167. The number of nitrogens with zero attached hydrogens (tertiary/aromatic N) is 5. The van der Waals surface area contributed by atoms with Crippen LogP contribution in [0, 0.1) is 6.92 Å². The molecule has 0 saturated carbocycles. The molecule has 0 radical (unpaired) electrons. The van der Waals surface area contributed by atoms with Crippen molar-refractivity contribution >= 4 is 50.2 Å². The molecule has 12 heteroatoms. The van der Waals surface area contributed by atoms with Gasteiger partial charge < -0.3 is 10.6 Å². The van der Waals surface area contributed by atoms with Gasteiger partial charge in [-0.25, -0.2) is 18.1 Å². The number of rotatable bonds is 8. The van der Waals surface area contributed by atoms with Crippen LogP contribution in [0.4, 0.5) is 17.5 Å². The van der Waals surface area contributed by atoms with E-state index >= 15 is 0 Å². The highest BCUT2D eigenvalue weighted by atomic mass is 32.2. The van der Waals surface area contributed by atoms with Gasteiger partial charge in [-0.15, -0.1) is 10.2 Å².